The zero-order valence-electron chi connectivity index (χ0n) is 11.7. The first-order chi connectivity index (χ1) is 10.2. The van der Waals surface area contributed by atoms with Gasteiger partial charge in [-0.05, 0) is 24.1 Å². The second kappa shape index (κ2) is 6.71. The van der Waals surface area contributed by atoms with Gasteiger partial charge in [-0.2, -0.15) is 0 Å². The summed E-state index contributed by atoms with van der Waals surface area (Å²) in [4.78, 5) is 10.8. The van der Waals surface area contributed by atoms with E-state index in [0.717, 1.165) is 12.0 Å². The van der Waals surface area contributed by atoms with Crippen LogP contribution in [0, 0.1) is 10.1 Å². The molecule has 2 aromatic carbocycles. The van der Waals surface area contributed by atoms with Crippen LogP contribution in [-0.4, -0.2) is 4.92 Å². The molecule has 1 atom stereocenters. The smallest absolute Gasteiger partial charge is 0.316 e. The maximum Gasteiger partial charge on any atom is 0.316 e. The summed E-state index contributed by atoms with van der Waals surface area (Å²) in [5, 5.41) is 14.5. The van der Waals surface area contributed by atoms with Crippen molar-refractivity contribution in [2.24, 2.45) is 5.84 Å². The SMILES string of the molecule is CCC(Nc1cccc(NN)c1[N+](=O)[O-])c1ccccc1. The molecule has 6 heteroatoms. The fourth-order valence-electron chi connectivity index (χ4n) is 2.27. The summed E-state index contributed by atoms with van der Waals surface area (Å²) in [7, 11) is 0. The molecule has 1 unspecified atom stereocenters. The van der Waals surface area contributed by atoms with Gasteiger partial charge in [0.15, 0.2) is 0 Å². The molecule has 0 fully saturated rings. The van der Waals surface area contributed by atoms with Crippen LogP contribution in [0.1, 0.15) is 24.9 Å². The van der Waals surface area contributed by atoms with Crippen LogP contribution in [0.15, 0.2) is 48.5 Å². The largest absolute Gasteiger partial charge is 0.373 e. The van der Waals surface area contributed by atoms with Crippen molar-refractivity contribution in [3.05, 3.63) is 64.2 Å². The number of para-hydroxylation sites is 1. The highest BCUT2D eigenvalue weighted by atomic mass is 16.6. The molecule has 0 aliphatic rings. The Bertz CT molecular complexity index is 616. The summed E-state index contributed by atoms with van der Waals surface area (Å²) in [5.74, 6) is 5.35. The predicted octanol–water partition coefficient (Wildman–Crippen LogP) is 3.44. The fraction of sp³-hybridized carbons (Fsp3) is 0.200. The first kappa shape index (κ1) is 14.8. The summed E-state index contributed by atoms with van der Waals surface area (Å²) in [6.45, 7) is 2.03. The molecule has 0 aliphatic heterocycles. The van der Waals surface area contributed by atoms with E-state index in [2.05, 4.69) is 10.7 Å². The van der Waals surface area contributed by atoms with Gasteiger partial charge in [-0.1, -0.05) is 43.3 Å². The molecule has 0 radical (unpaired) electrons. The summed E-state index contributed by atoms with van der Waals surface area (Å²) in [5.41, 5.74) is 4.14. The van der Waals surface area contributed by atoms with Crippen molar-refractivity contribution >= 4 is 17.1 Å². The summed E-state index contributed by atoms with van der Waals surface area (Å²) >= 11 is 0. The highest BCUT2D eigenvalue weighted by molar-refractivity contribution is 5.76. The average molecular weight is 286 g/mol. The topological polar surface area (TPSA) is 93.2 Å². The van der Waals surface area contributed by atoms with E-state index in [1.807, 2.05) is 37.3 Å². The quantitative estimate of drug-likeness (QED) is 0.429. The first-order valence-electron chi connectivity index (χ1n) is 6.72. The minimum atomic E-state index is -0.435. The molecule has 110 valence electrons. The zero-order valence-corrected chi connectivity index (χ0v) is 11.7. The zero-order chi connectivity index (χ0) is 15.2. The Morgan fingerprint density at radius 2 is 1.81 bits per heavy atom. The van der Waals surface area contributed by atoms with Crippen LogP contribution in [0.3, 0.4) is 0 Å². The Kier molecular flexibility index (Phi) is 4.73. The monoisotopic (exact) mass is 286 g/mol. The van der Waals surface area contributed by atoms with Gasteiger partial charge in [0.1, 0.15) is 11.4 Å². The van der Waals surface area contributed by atoms with E-state index in [4.69, 9.17) is 5.84 Å². The molecule has 2 rings (SSSR count). The molecule has 21 heavy (non-hydrogen) atoms. The molecule has 0 aliphatic carbocycles. The lowest BCUT2D eigenvalue weighted by Gasteiger charge is -2.19. The van der Waals surface area contributed by atoms with Gasteiger partial charge >= 0.3 is 5.69 Å². The van der Waals surface area contributed by atoms with E-state index >= 15 is 0 Å². The molecule has 6 nitrogen and oxygen atoms in total. The van der Waals surface area contributed by atoms with E-state index in [1.54, 1.807) is 18.2 Å². The maximum absolute atomic E-state index is 11.3. The number of nitro groups is 1. The van der Waals surface area contributed by atoms with Crippen molar-refractivity contribution in [2.75, 3.05) is 10.7 Å². The van der Waals surface area contributed by atoms with Gasteiger partial charge in [0, 0.05) is 0 Å². The molecule has 0 saturated carbocycles. The van der Waals surface area contributed by atoms with Gasteiger partial charge in [-0.25, -0.2) is 0 Å². The molecule has 0 amide bonds. The number of anilines is 2. The number of nitrogens with two attached hydrogens (primary N) is 1. The summed E-state index contributed by atoms with van der Waals surface area (Å²) in [6.07, 6.45) is 0.807. The number of rotatable bonds is 6. The summed E-state index contributed by atoms with van der Waals surface area (Å²) in [6, 6.07) is 14.8. The third-order valence-corrected chi connectivity index (χ3v) is 3.31. The van der Waals surface area contributed by atoms with Crippen molar-refractivity contribution in [2.45, 2.75) is 19.4 Å². The van der Waals surface area contributed by atoms with Crippen molar-refractivity contribution in [3.8, 4) is 0 Å². The second-order valence-corrected chi connectivity index (χ2v) is 4.62. The van der Waals surface area contributed by atoms with Crippen LogP contribution in [0.25, 0.3) is 0 Å². The van der Waals surface area contributed by atoms with Crippen molar-refractivity contribution < 1.29 is 4.92 Å². The Hall–Kier alpha value is -2.60. The van der Waals surface area contributed by atoms with Crippen LogP contribution in [0.4, 0.5) is 17.1 Å². The number of nitrogens with one attached hydrogen (secondary N) is 2. The first-order valence-corrected chi connectivity index (χ1v) is 6.72. The molecule has 0 saturated heterocycles. The second-order valence-electron chi connectivity index (χ2n) is 4.62. The van der Waals surface area contributed by atoms with Crippen LogP contribution in [0.5, 0.6) is 0 Å². The summed E-state index contributed by atoms with van der Waals surface area (Å²) < 4.78 is 0. The molecule has 0 spiro atoms. The van der Waals surface area contributed by atoms with Crippen molar-refractivity contribution in [1.82, 2.24) is 0 Å². The number of hydrogen-bond donors (Lipinski definition) is 3. The number of hydrazine groups is 1. The highest BCUT2D eigenvalue weighted by Crippen LogP contribution is 2.35. The van der Waals surface area contributed by atoms with E-state index in [9.17, 15) is 10.1 Å². The Balaban J connectivity index is 2.36. The molecule has 0 heterocycles. The molecule has 2 aromatic rings. The van der Waals surface area contributed by atoms with Gasteiger partial charge in [0.2, 0.25) is 0 Å². The van der Waals surface area contributed by atoms with E-state index in [0.29, 0.717) is 5.69 Å². The fourth-order valence-corrected chi connectivity index (χ4v) is 2.27. The standard InChI is InChI=1S/C15H18N4O2/c1-2-12(11-7-4-3-5-8-11)17-13-9-6-10-14(18-16)15(13)19(20)21/h3-10,12,17-18H,2,16H2,1H3. The van der Waals surface area contributed by atoms with Crippen LogP contribution >= 0.6 is 0 Å². The lowest BCUT2D eigenvalue weighted by molar-refractivity contribution is -0.383. The number of nitro benzene ring substituents is 1. The molecule has 0 bridgehead atoms. The lowest BCUT2D eigenvalue weighted by atomic mass is 10.0. The molecule has 4 N–H and O–H groups in total. The van der Waals surface area contributed by atoms with Crippen LogP contribution in [0.2, 0.25) is 0 Å². The number of hydrogen-bond acceptors (Lipinski definition) is 5. The lowest BCUT2D eigenvalue weighted by Crippen LogP contribution is -2.13. The number of nitrogens with zero attached hydrogens (tertiary/aromatic N) is 1. The van der Waals surface area contributed by atoms with Crippen molar-refractivity contribution in [1.29, 1.82) is 0 Å². The highest BCUT2D eigenvalue weighted by Gasteiger charge is 2.21. The third kappa shape index (κ3) is 3.29. The molecular formula is C15H18N4O2. The van der Waals surface area contributed by atoms with Gasteiger partial charge in [0.25, 0.3) is 0 Å². The van der Waals surface area contributed by atoms with E-state index < -0.39 is 4.92 Å². The molecular weight excluding hydrogens is 268 g/mol. The predicted molar refractivity (Wildman–Crippen MR) is 84.0 cm³/mol. The maximum atomic E-state index is 11.3. The van der Waals surface area contributed by atoms with E-state index in [-0.39, 0.29) is 17.4 Å². The Morgan fingerprint density at radius 1 is 1.14 bits per heavy atom. The Labute approximate surface area is 123 Å². The third-order valence-electron chi connectivity index (χ3n) is 3.31. The normalized spacial score (nSPS) is 11.7. The van der Waals surface area contributed by atoms with Gasteiger partial charge in [0.05, 0.1) is 11.0 Å². The van der Waals surface area contributed by atoms with Crippen molar-refractivity contribution in [3.63, 3.8) is 0 Å². The van der Waals surface area contributed by atoms with Gasteiger partial charge in [-0.15, -0.1) is 0 Å². The minimum Gasteiger partial charge on any atom is -0.373 e. The Morgan fingerprint density at radius 3 is 2.38 bits per heavy atom. The van der Waals surface area contributed by atoms with Crippen LogP contribution < -0.4 is 16.6 Å². The van der Waals surface area contributed by atoms with Crippen LogP contribution in [-0.2, 0) is 0 Å². The molecule has 0 aromatic heterocycles. The number of nitrogen functional groups attached to an aromatic ring is 1. The van der Waals surface area contributed by atoms with Gasteiger partial charge in [-0.3, -0.25) is 16.0 Å². The minimum absolute atomic E-state index is 0.00192. The average Bonchev–Trinajstić information content (AvgIpc) is 2.52. The van der Waals surface area contributed by atoms with Gasteiger partial charge < -0.3 is 10.7 Å². The number of benzene rings is 2. The van der Waals surface area contributed by atoms with E-state index in [1.165, 1.54) is 0 Å².